The van der Waals surface area contributed by atoms with Crippen LogP contribution in [0.25, 0.3) is 5.65 Å². The maximum absolute atomic E-state index is 12.1. The fourth-order valence-corrected chi connectivity index (χ4v) is 2.19. The van der Waals surface area contributed by atoms with Crippen molar-refractivity contribution in [1.82, 2.24) is 9.38 Å². The fourth-order valence-electron chi connectivity index (χ4n) is 2.19. The van der Waals surface area contributed by atoms with Crippen molar-refractivity contribution < 1.29 is 14.6 Å². The van der Waals surface area contributed by atoms with Crippen molar-refractivity contribution in [2.75, 3.05) is 6.61 Å². The van der Waals surface area contributed by atoms with E-state index in [2.05, 4.69) is 15.2 Å². The van der Waals surface area contributed by atoms with E-state index in [9.17, 15) is 9.90 Å². The van der Waals surface area contributed by atoms with Crippen LogP contribution in [0.4, 0.5) is 11.5 Å². The zero-order chi connectivity index (χ0) is 17.1. The molecule has 1 N–H and O–H groups in total. The van der Waals surface area contributed by atoms with Crippen LogP contribution in [0.15, 0.2) is 52.8 Å². The van der Waals surface area contributed by atoms with Gasteiger partial charge in [0.25, 0.3) is 0 Å². The Hall–Kier alpha value is -3.22. The number of fused-ring (bicyclic) bond motifs is 1. The maximum Gasteiger partial charge on any atom is 0.360 e. The first-order valence-corrected chi connectivity index (χ1v) is 7.45. The predicted molar refractivity (Wildman–Crippen MR) is 88.2 cm³/mol. The Morgan fingerprint density at radius 3 is 2.71 bits per heavy atom. The van der Waals surface area contributed by atoms with Crippen LogP contribution in [0.2, 0.25) is 0 Å². The van der Waals surface area contributed by atoms with E-state index >= 15 is 0 Å². The number of esters is 1. The van der Waals surface area contributed by atoms with E-state index in [0.29, 0.717) is 17.2 Å². The summed E-state index contributed by atoms with van der Waals surface area (Å²) in [5.74, 6) is -0.0959. The van der Waals surface area contributed by atoms with E-state index in [1.807, 2.05) is 19.1 Å². The molecule has 1 aromatic carbocycles. The first-order valence-electron chi connectivity index (χ1n) is 7.45. The first-order chi connectivity index (χ1) is 11.6. The molecule has 0 aliphatic carbocycles. The van der Waals surface area contributed by atoms with Gasteiger partial charge < -0.3 is 9.84 Å². The molecule has 0 unspecified atom stereocenters. The Morgan fingerprint density at radius 2 is 2.00 bits per heavy atom. The molecule has 7 nitrogen and oxygen atoms in total. The zero-order valence-electron chi connectivity index (χ0n) is 13.3. The van der Waals surface area contributed by atoms with Crippen molar-refractivity contribution in [2.24, 2.45) is 10.2 Å². The molecular weight excluding hydrogens is 308 g/mol. The van der Waals surface area contributed by atoms with Crippen LogP contribution < -0.4 is 0 Å². The lowest BCUT2D eigenvalue weighted by molar-refractivity contribution is 0.0521. The second-order valence-corrected chi connectivity index (χ2v) is 5.15. The Balaban J connectivity index is 2.08. The molecule has 24 heavy (non-hydrogen) atoms. The Bertz CT molecular complexity index is 913. The lowest BCUT2D eigenvalue weighted by Gasteiger charge is -2.00. The predicted octanol–water partition coefficient (Wildman–Crippen LogP) is 3.94. The van der Waals surface area contributed by atoms with Crippen molar-refractivity contribution in [3.05, 3.63) is 53.9 Å². The van der Waals surface area contributed by atoms with Gasteiger partial charge in [-0.3, -0.25) is 4.40 Å². The van der Waals surface area contributed by atoms with Crippen molar-refractivity contribution in [3.8, 4) is 5.75 Å². The summed E-state index contributed by atoms with van der Waals surface area (Å²) < 4.78 is 6.73. The molecule has 0 atom stereocenters. The number of phenols is 1. The topological polar surface area (TPSA) is 88.5 Å². The number of hydrogen-bond donors (Lipinski definition) is 1. The molecule has 0 amide bonds. The third kappa shape index (κ3) is 3.10. The van der Waals surface area contributed by atoms with Gasteiger partial charge in [-0.05, 0) is 55.8 Å². The largest absolute Gasteiger partial charge is 0.508 e. The van der Waals surface area contributed by atoms with Crippen LogP contribution in [0.1, 0.15) is 23.0 Å². The Morgan fingerprint density at radius 1 is 1.25 bits per heavy atom. The Kier molecular flexibility index (Phi) is 4.24. The van der Waals surface area contributed by atoms with E-state index in [1.165, 1.54) is 12.1 Å². The average Bonchev–Trinajstić information content (AvgIpc) is 2.92. The number of aryl methyl sites for hydroxylation is 1. The van der Waals surface area contributed by atoms with Gasteiger partial charge in [0.15, 0.2) is 11.5 Å². The van der Waals surface area contributed by atoms with Crippen LogP contribution in [0.3, 0.4) is 0 Å². The van der Waals surface area contributed by atoms with E-state index in [-0.39, 0.29) is 18.1 Å². The third-order valence-corrected chi connectivity index (χ3v) is 3.34. The third-order valence-electron chi connectivity index (χ3n) is 3.34. The monoisotopic (exact) mass is 324 g/mol. The molecule has 3 aromatic rings. The van der Waals surface area contributed by atoms with Crippen LogP contribution >= 0.6 is 0 Å². The number of hydrogen-bond acceptors (Lipinski definition) is 6. The van der Waals surface area contributed by atoms with Crippen molar-refractivity contribution in [2.45, 2.75) is 13.8 Å². The quantitative estimate of drug-likeness (QED) is 0.581. The summed E-state index contributed by atoms with van der Waals surface area (Å²) in [5, 5.41) is 17.6. The highest BCUT2D eigenvalue weighted by Crippen LogP contribution is 2.26. The standard InChI is InChI=1S/C17H16N4O3/c1-3-24-17(23)15-16(20-19-12-4-6-13(22)7-5-12)21-9-8-11(2)10-14(21)18-15/h4-10,22H,3H2,1-2H3. The lowest BCUT2D eigenvalue weighted by atomic mass is 10.3. The van der Waals surface area contributed by atoms with Crippen LogP contribution in [-0.2, 0) is 4.74 Å². The SMILES string of the molecule is CCOC(=O)c1nc2cc(C)ccn2c1N=Nc1ccc(O)cc1. The van der Waals surface area contributed by atoms with Gasteiger partial charge >= 0.3 is 5.97 Å². The maximum atomic E-state index is 12.1. The van der Waals surface area contributed by atoms with E-state index in [1.54, 1.807) is 29.7 Å². The molecule has 0 saturated carbocycles. The molecule has 2 heterocycles. The number of carbonyl (C=O) groups excluding carboxylic acids is 1. The van der Waals surface area contributed by atoms with Crippen molar-refractivity contribution in [1.29, 1.82) is 0 Å². The number of aromatic nitrogens is 2. The highest BCUT2D eigenvalue weighted by atomic mass is 16.5. The van der Waals surface area contributed by atoms with Gasteiger partial charge in [-0.15, -0.1) is 10.2 Å². The molecule has 122 valence electrons. The van der Waals surface area contributed by atoms with Gasteiger partial charge in [0.2, 0.25) is 0 Å². The second kappa shape index (κ2) is 6.49. The van der Waals surface area contributed by atoms with Crippen molar-refractivity contribution in [3.63, 3.8) is 0 Å². The van der Waals surface area contributed by atoms with Crippen molar-refractivity contribution >= 4 is 23.1 Å². The molecular formula is C17H16N4O3. The van der Waals surface area contributed by atoms with Crippen LogP contribution in [0.5, 0.6) is 5.75 Å². The molecule has 0 radical (unpaired) electrons. The number of azo groups is 1. The molecule has 0 spiro atoms. The van der Waals surface area contributed by atoms with Gasteiger partial charge in [-0.25, -0.2) is 9.78 Å². The van der Waals surface area contributed by atoms with Gasteiger partial charge in [-0.2, -0.15) is 0 Å². The second-order valence-electron chi connectivity index (χ2n) is 5.15. The number of ether oxygens (including phenoxy) is 1. The summed E-state index contributed by atoms with van der Waals surface area (Å²) in [6.45, 7) is 3.92. The normalized spacial score (nSPS) is 11.2. The van der Waals surface area contributed by atoms with Gasteiger partial charge in [0.1, 0.15) is 11.4 Å². The number of imidazole rings is 1. The van der Waals surface area contributed by atoms with Crippen LogP contribution in [0, 0.1) is 6.92 Å². The number of phenolic OH excluding ortho intramolecular Hbond substituents is 1. The number of pyridine rings is 1. The highest BCUT2D eigenvalue weighted by molar-refractivity contribution is 5.93. The summed E-state index contributed by atoms with van der Waals surface area (Å²) in [6, 6.07) is 10.0. The van der Waals surface area contributed by atoms with Crippen LogP contribution in [-0.4, -0.2) is 27.1 Å². The summed E-state index contributed by atoms with van der Waals surface area (Å²) >= 11 is 0. The summed E-state index contributed by atoms with van der Waals surface area (Å²) in [7, 11) is 0. The number of rotatable bonds is 4. The molecule has 0 saturated heterocycles. The van der Waals surface area contributed by atoms with Gasteiger partial charge in [-0.1, -0.05) is 0 Å². The van der Waals surface area contributed by atoms with Gasteiger partial charge in [0, 0.05) is 6.20 Å². The first kappa shape index (κ1) is 15.7. The minimum atomic E-state index is -0.543. The summed E-state index contributed by atoms with van der Waals surface area (Å²) in [5.41, 5.74) is 2.28. The molecule has 0 aliphatic rings. The minimum Gasteiger partial charge on any atom is -0.508 e. The molecule has 3 rings (SSSR count). The molecule has 7 heteroatoms. The molecule has 2 aromatic heterocycles. The summed E-state index contributed by atoms with van der Waals surface area (Å²) in [4.78, 5) is 16.5. The Labute approximate surface area is 138 Å². The van der Waals surface area contributed by atoms with Gasteiger partial charge in [0.05, 0.1) is 12.3 Å². The minimum absolute atomic E-state index is 0.116. The fraction of sp³-hybridized carbons (Fsp3) is 0.176. The number of aromatic hydroxyl groups is 1. The summed E-state index contributed by atoms with van der Waals surface area (Å²) in [6.07, 6.45) is 1.78. The van der Waals surface area contributed by atoms with E-state index in [4.69, 9.17) is 4.74 Å². The highest BCUT2D eigenvalue weighted by Gasteiger charge is 2.20. The number of nitrogens with zero attached hydrogens (tertiary/aromatic N) is 4. The smallest absolute Gasteiger partial charge is 0.360 e. The van der Waals surface area contributed by atoms with E-state index < -0.39 is 5.97 Å². The molecule has 0 aliphatic heterocycles. The molecule has 0 bridgehead atoms. The number of benzene rings is 1. The lowest BCUT2D eigenvalue weighted by Crippen LogP contribution is -2.05. The average molecular weight is 324 g/mol. The zero-order valence-corrected chi connectivity index (χ0v) is 13.3. The number of carbonyl (C=O) groups is 1. The molecule has 0 fully saturated rings. The van der Waals surface area contributed by atoms with E-state index in [0.717, 1.165) is 5.56 Å².